The number of rotatable bonds is 4. The van der Waals surface area contributed by atoms with Crippen molar-refractivity contribution in [3.63, 3.8) is 0 Å². The summed E-state index contributed by atoms with van der Waals surface area (Å²) in [5.41, 5.74) is 2.50. The Morgan fingerprint density at radius 2 is 1.86 bits per heavy atom. The van der Waals surface area contributed by atoms with Crippen LogP contribution in [-0.2, 0) is 6.54 Å². The number of amides is 1. The second kappa shape index (κ2) is 6.02. The van der Waals surface area contributed by atoms with Crippen molar-refractivity contribution in [3.8, 4) is 0 Å². The zero-order valence-electron chi connectivity index (χ0n) is 12.9. The van der Waals surface area contributed by atoms with E-state index in [9.17, 15) is 4.79 Å². The quantitative estimate of drug-likeness (QED) is 0.740. The van der Waals surface area contributed by atoms with E-state index in [-0.39, 0.29) is 5.91 Å². The Morgan fingerprint density at radius 1 is 1.14 bits per heavy atom. The van der Waals surface area contributed by atoms with Gasteiger partial charge < -0.3 is 9.30 Å². The number of pyridine rings is 1. The molecule has 0 aliphatic carbocycles. The van der Waals surface area contributed by atoms with Gasteiger partial charge in [0.15, 0.2) is 5.69 Å². The summed E-state index contributed by atoms with van der Waals surface area (Å²) in [6.07, 6.45) is 1.93. The van der Waals surface area contributed by atoms with Crippen LogP contribution in [0.5, 0.6) is 0 Å². The van der Waals surface area contributed by atoms with Crippen LogP contribution in [0.4, 0.5) is 0 Å². The number of hydrogen-bond acceptors (Lipinski definition) is 2. The van der Waals surface area contributed by atoms with Gasteiger partial charge in [-0.05, 0) is 31.5 Å². The molecular weight excluding hydrogens is 274 g/mol. The van der Waals surface area contributed by atoms with Gasteiger partial charge in [-0.1, -0.05) is 36.4 Å². The molecule has 2 aromatic heterocycles. The van der Waals surface area contributed by atoms with E-state index in [0.717, 1.165) is 16.9 Å². The summed E-state index contributed by atoms with van der Waals surface area (Å²) in [7, 11) is 0. The van der Waals surface area contributed by atoms with Crippen molar-refractivity contribution in [2.24, 2.45) is 0 Å². The highest BCUT2D eigenvalue weighted by Gasteiger charge is 2.20. The number of nitrogens with zero attached hydrogens (tertiary/aromatic N) is 3. The molecule has 1 amide bonds. The van der Waals surface area contributed by atoms with E-state index >= 15 is 0 Å². The molecule has 0 bridgehead atoms. The third-order valence-corrected chi connectivity index (χ3v) is 3.81. The summed E-state index contributed by atoms with van der Waals surface area (Å²) in [4.78, 5) is 19.2. The van der Waals surface area contributed by atoms with Gasteiger partial charge in [0.05, 0.1) is 5.52 Å². The zero-order valence-corrected chi connectivity index (χ0v) is 12.9. The third-order valence-electron chi connectivity index (χ3n) is 3.81. The topological polar surface area (TPSA) is 37.6 Å². The number of hydrogen-bond donors (Lipinski definition) is 0. The Hall–Kier alpha value is -2.62. The van der Waals surface area contributed by atoms with E-state index in [0.29, 0.717) is 18.8 Å². The standard InChI is InChI=1S/C18H19N3O/c1-3-20(13-15-9-5-4-6-10-15)18(22)17-16-11-7-8-12-21(16)14(2)19-17/h4-12H,3,13H2,1-2H3. The maximum atomic E-state index is 12.9. The maximum absolute atomic E-state index is 12.9. The zero-order chi connectivity index (χ0) is 15.5. The Balaban J connectivity index is 1.93. The Labute approximate surface area is 130 Å². The van der Waals surface area contributed by atoms with Crippen molar-refractivity contribution >= 4 is 11.4 Å². The molecule has 0 radical (unpaired) electrons. The third kappa shape index (κ3) is 2.60. The fourth-order valence-electron chi connectivity index (χ4n) is 2.63. The molecule has 0 saturated carbocycles. The summed E-state index contributed by atoms with van der Waals surface area (Å²) >= 11 is 0. The summed E-state index contributed by atoms with van der Waals surface area (Å²) in [5.74, 6) is 0.804. The van der Waals surface area contributed by atoms with Gasteiger partial charge in [0.1, 0.15) is 5.82 Å². The molecule has 0 fully saturated rings. The van der Waals surface area contributed by atoms with Crippen molar-refractivity contribution in [2.45, 2.75) is 20.4 Å². The first-order valence-electron chi connectivity index (χ1n) is 7.47. The SMILES string of the molecule is CCN(Cc1ccccc1)C(=O)c1nc(C)n2ccccc12. The lowest BCUT2D eigenvalue weighted by atomic mass is 10.2. The second-order valence-corrected chi connectivity index (χ2v) is 5.27. The van der Waals surface area contributed by atoms with Gasteiger partial charge in [-0.2, -0.15) is 0 Å². The monoisotopic (exact) mass is 293 g/mol. The Kier molecular flexibility index (Phi) is 3.92. The second-order valence-electron chi connectivity index (χ2n) is 5.27. The molecule has 0 aliphatic heterocycles. The summed E-state index contributed by atoms with van der Waals surface area (Å²) in [6, 6.07) is 15.8. The van der Waals surface area contributed by atoms with Crippen LogP contribution in [0.2, 0.25) is 0 Å². The molecule has 112 valence electrons. The molecule has 0 saturated heterocycles. The maximum Gasteiger partial charge on any atom is 0.275 e. The van der Waals surface area contributed by atoms with Gasteiger partial charge in [0, 0.05) is 19.3 Å². The molecule has 0 unspecified atom stereocenters. The van der Waals surface area contributed by atoms with Crippen LogP contribution in [0.3, 0.4) is 0 Å². The normalized spacial score (nSPS) is 10.8. The number of benzene rings is 1. The van der Waals surface area contributed by atoms with Crippen LogP contribution in [0.25, 0.3) is 5.52 Å². The van der Waals surface area contributed by atoms with Gasteiger partial charge >= 0.3 is 0 Å². The van der Waals surface area contributed by atoms with E-state index in [4.69, 9.17) is 0 Å². The molecule has 3 rings (SSSR count). The highest BCUT2D eigenvalue weighted by Crippen LogP contribution is 2.16. The van der Waals surface area contributed by atoms with Crippen molar-refractivity contribution in [1.29, 1.82) is 0 Å². The molecule has 0 aliphatic rings. The van der Waals surface area contributed by atoms with E-state index in [1.54, 1.807) is 0 Å². The lowest BCUT2D eigenvalue weighted by molar-refractivity contribution is 0.0749. The molecule has 22 heavy (non-hydrogen) atoms. The minimum atomic E-state index is -0.0249. The van der Waals surface area contributed by atoms with Crippen LogP contribution in [0.15, 0.2) is 54.7 Å². The molecule has 2 heterocycles. The highest BCUT2D eigenvalue weighted by atomic mass is 16.2. The molecule has 1 aromatic carbocycles. The number of aromatic nitrogens is 2. The number of imidazole rings is 1. The van der Waals surface area contributed by atoms with Crippen LogP contribution >= 0.6 is 0 Å². The van der Waals surface area contributed by atoms with Crippen molar-refractivity contribution in [1.82, 2.24) is 14.3 Å². The molecule has 0 spiro atoms. The number of carbonyl (C=O) groups is 1. The molecule has 3 aromatic rings. The molecule has 4 heteroatoms. The van der Waals surface area contributed by atoms with Gasteiger partial charge in [0.2, 0.25) is 0 Å². The van der Waals surface area contributed by atoms with Gasteiger partial charge in [-0.25, -0.2) is 4.98 Å². The summed E-state index contributed by atoms with van der Waals surface area (Å²) < 4.78 is 1.95. The van der Waals surface area contributed by atoms with Gasteiger partial charge in [0.25, 0.3) is 5.91 Å². The lowest BCUT2D eigenvalue weighted by Crippen LogP contribution is -2.30. The molecular formula is C18H19N3O. The van der Waals surface area contributed by atoms with Gasteiger partial charge in [-0.15, -0.1) is 0 Å². The first kappa shape index (κ1) is 14.3. The smallest absolute Gasteiger partial charge is 0.275 e. The summed E-state index contributed by atoms with van der Waals surface area (Å²) in [6.45, 7) is 5.16. The summed E-state index contributed by atoms with van der Waals surface area (Å²) in [5, 5.41) is 0. The van der Waals surface area contributed by atoms with Crippen LogP contribution in [0.1, 0.15) is 28.8 Å². The van der Waals surface area contributed by atoms with E-state index < -0.39 is 0 Å². The van der Waals surface area contributed by atoms with Crippen molar-refractivity contribution in [3.05, 3.63) is 71.8 Å². The van der Waals surface area contributed by atoms with Crippen LogP contribution < -0.4 is 0 Å². The van der Waals surface area contributed by atoms with E-state index in [1.165, 1.54) is 0 Å². The predicted octanol–water partition coefficient (Wildman–Crippen LogP) is 3.31. The van der Waals surface area contributed by atoms with E-state index in [2.05, 4.69) is 4.98 Å². The van der Waals surface area contributed by atoms with Crippen molar-refractivity contribution in [2.75, 3.05) is 6.54 Å². The largest absolute Gasteiger partial charge is 0.333 e. The minimum absolute atomic E-state index is 0.0249. The first-order chi connectivity index (χ1) is 10.7. The van der Waals surface area contributed by atoms with Crippen LogP contribution in [-0.4, -0.2) is 26.7 Å². The lowest BCUT2D eigenvalue weighted by Gasteiger charge is -2.20. The molecule has 0 atom stereocenters. The minimum Gasteiger partial charge on any atom is -0.333 e. The molecule has 4 nitrogen and oxygen atoms in total. The average molecular weight is 293 g/mol. The number of carbonyl (C=O) groups excluding carboxylic acids is 1. The predicted molar refractivity (Wildman–Crippen MR) is 86.8 cm³/mol. The Bertz CT molecular complexity index is 792. The van der Waals surface area contributed by atoms with E-state index in [1.807, 2.05) is 77.9 Å². The highest BCUT2D eigenvalue weighted by molar-refractivity contribution is 5.99. The number of aryl methyl sites for hydroxylation is 1. The average Bonchev–Trinajstić information content (AvgIpc) is 2.90. The van der Waals surface area contributed by atoms with Crippen molar-refractivity contribution < 1.29 is 4.79 Å². The van der Waals surface area contributed by atoms with Crippen LogP contribution in [0, 0.1) is 6.92 Å². The molecule has 0 N–H and O–H groups in total. The Morgan fingerprint density at radius 3 is 2.59 bits per heavy atom. The fourth-order valence-corrected chi connectivity index (χ4v) is 2.63. The van der Waals surface area contributed by atoms with Gasteiger partial charge in [-0.3, -0.25) is 4.79 Å². The number of fused-ring (bicyclic) bond motifs is 1. The fraction of sp³-hybridized carbons (Fsp3) is 0.222. The first-order valence-corrected chi connectivity index (χ1v) is 7.47.